The van der Waals surface area contributed by atoms with Crippen molar-refractivity contribution in [3.63, 3.8) is 0 Å². The van der Waals surface area contributed by atoms with E-state index >= 15 is 0 Å². The summed E-state index contributed by atoms with van der Waals surface area (Å²) in [5.74, 6) is -0.0222. The van der Waals surface area contributed by atoms with Gasteiger partial charge in [0.2, 0.25) is 11.7 Å². The molecule has 0 fully saturated rings. The van der Waals surface area contributed by atoms with E-state index in [1.165, 1.54) is 21.8 Å². The van der Waals surface area contributed by atoms with E-state index in [-0.39, 0.29) is 18.3 Å². The number of hydrogen-bond donors (Lipinski definition) is 0. The molecule has 1 aromatic heterocycles. The number of rotatable bonds is 5. The second-order valence-electron chi connectivity index (χ2n) is 5.50. The molecule has 0 unspecified atom stereocenters. The molecule has 0 bridgehead atoms. The third-order valence-electron chi connectivity index (χ3n) is 3.60. The van der Waals surface area contributed by atoms with Crippen LogP contribution in [0, 0.1) is 5.82 Å². The van der Waals surface area contributed by atoms with Crippen molar-refractivity contribution in [2.75, 3.05) is 7.05 Å². The van der Waals surface area contributed by atoms with Gasteiger partial charge in [0.15, 0.2) is 0 Å². The summed E-state index contributed by atoms with van der Waals surface area (Å²) in [6.07, 6.45) is 0. The number of hydrogen-bond acceptors (Lipinski definition) is 4. The van der Waals surface area contributed by atoms with Crippen LogP contribution in [0.25, 0.3) is 11.4 Å². The third kappa shape index (κ3) is 4.27. The molecule has 0 radical (unpaired) electrons. The zero-order valence-electron chi connectivity index (χ0n) is 13.4. The maximum absolute atomic E-state index is 12.9. The zero-order chi connectivity index (χ0) is 17.8. The first kappa shape index (κ1) is 17.2. The van der Waals surface area contributed by atoms with Crippen molar-refractivity contribution in [2.24, 2.45) is 0 Å². The molecule has 0 saturated heterocycles. The van der Waals surface area contributed by atoms with Crippen LogP contribution in [0.4, 0.5) is 4.39 Å². The molecule has 8 heteroatoms. The molecule has 1 amide bonds. The molecule has 3 aromatic rings. The van der Waals surface area contributed by atoms with Gasteiger partial charge >= 0.3 is 0 Å². The number of carbonyl (C=O) groups is 1. The van der Waals surface area contributed by atoms with Gasteiger partial charge < -0.3 is 4.90 Å². The molecule has 6 nitrogen and oxygen atoms in total. The lowest BCUT2D eigenvalue weighted by atomic mass is 10.2. The second-order valence-corrected chi connectivity index (χ2v) is 6.35. The molecule has 0 spiro atoms. The van der Waals surface area contributed by atoms with Gasteiger partial charge in [-0.3, -0.25) is 4.79 Å². The maximum atomic E-state index is 12.9. The van der Waals surface area contributed by atoms with Gasteiger partial charge in [0.05, 0.1) is 0 Å². The average Bonchev–Trinajstić information content (AvgIpc) is 3.05. The summed E-state index contributed by atoms with van der Waals surface area (Å²) < 4.78 is 13.8. The number of aromatic nitrogens is 4. The summed E-state index contributed by atoms with van der Waals surface area (Å²) in [5, 5.41) is 12.2. The number of nitrogens with zero attached hydrogens (tertiary/aromatic N) is 5. The molecule has 0 aliphatic carbocycles. The number of halogens is 2. The minimum Gasteiger partial charge on any atom is -0.340 e. The van der Waals surface area contributed by atoms with Gasteiger partial charge in [-0.25, -0.2) is 4.39 Å². The van der Waals surface area contributed by atoms with Crippen molar-refractivity contribution >= 4 is 21.8 Å². The lowest BCUT2D eigenvalue weighted by Gasteiger charge is -2.16. The molecule has 128 valence electrons. The summed E-state index contributed by atoms with van der Waals surface area (Å²) in [5.41, 5.74) is 1.65. The largest absolute Gasteiger partial charge is 0.340 e. The molecule has 3 rings (SSSR count). The number of benzene rings is 2. The first-order chi connectivity index (χ1) is 12.0. The van der Waals surface area contributed by atoms with E-state index in [4.69, 9.17) is 0 Å². The van der Waals surface area contributed by atoms with Crippen LogP contribution < -0.4 is 0 Å². The van der Waals surface area contributed by atoms with Gasteiger partial charge in [0, 0.05) is 23.6 Å². The fourth-order valence-electron chi connectivity index (χ4n) is 2.25. The first-order valence-electron chi connectivity index (χ1n) is 7.54. The standard InChI is InChI=1S/C17H15BrFN5O/c1-23(10-12-6-8-13(19)9-7-12)16(25)11-24-21-17(20-22-24)14-4-2-3-5-15(14)18/h2-9H,10-11H2,1H3. The molecule has 0 saturated carbocycles. The van der Waals surface area contributed by atoms with Crippen molar-refractivity contribution in [3.05, 3.63) is 64.4 Å². The normalized spacial score (nSPS) is 10.7. The minimum absolute atomic E-state index is 0.0187. The van der Waals surface area contributed by atoms with Crippen LogP contribution in [0.1, 0.15) is 5.56 Å². The predicted octanol–water partition coefficient (Wildman–Crippen LogP) is 2.90. The lowest BCUT2D eigenvalue weighted by Crippen LogP contribution is -2.30. The van der Waals surface area contributed by atoms with Crippen molar-refractivity contribution in [3.8, 4) is 11.4 Å². The summed E-state index contributed by atoms with van der Waals surface area (Å²) in [7, 11) is 1.68. The zero-order valence-corrected chi connectivity index (χ0v) is 15.0. The van der Waals surface area contributed by atoms with Crippen LogP contribution >= 0.6 is 15.9 Å². The minimum atomic E-state index is -0.302. The summed E-state index contributed by atoms with van der Waals surface area (Å²) in [6, 6.07) is 13.6. The quantitative estimate of drug-likeness (QED) is 0.656. The van der Waals surface area contributed by atoms with Crippen LogP contribution in [0.3, 0.4) is 0 Å². The molecule has 25 heavy (non-hydrogen) atoms. The average molecular weight is 404 g/mol. The highest BCUT2D eigenvalue weighted by molar-refractivity contribution is 9.10. The van der Waals surface area contributed by atoms with E-state index in [1.807, 2.05) is 24.3 Å². The third-order valence-corrected chi connectivity index (χ3v) is 4.29. The summed E-state index contributed by atoms with van der Waals surface area (Å²) in [6.45, 7) is 0.361. The Morgan fingerprint density at radius 3 is 2.64 bits per heavy atom. The van der Waals surface area contributed by atoms with E-state index in [1.54, 1.807) is 19.2 Å². The van der Waals surface area contributed by atoms with Crippen LogP contribution in [0.2, 0.25) is 0 Å². The lowest BCUT2D eigenvalue weighted by molar-refractivity contribution is -0.131. The Morgan fingerprint density at radius 2 is 1.92 bits per heavy atom. The van der Waals surface area contributed by atoms with E-state index < -0.39 is 0 Å². The fraction of sp³-hybridized carbons (Fsp3) is 0.176. The molecule has 0 atom stereocenters. The molecule has 0 aliphatic heterocycles. The monoisotopic (exact) mass is 403 g/mol. The van der Waals surface area contributed by atoms with E-state index in [0.29, 0.717) is 12.4 Å². The van der Waals surface area contributed by atoms with Crippen molar-refractivity contribution in [1.29, 1.82) is 0 Å². The number of amides is 1. The van der Waals surface area contributed by atoms with Crippen molar-refractivity contribution < 1.29 is 9.18 Å². The number of likely N-dealkylation sites (N-methyl/N-ethyl adjacent to an activating group) is 1. The highest BCUT2D eigenvalue weighted by atomic mass is 79.9. The van der Waals surface area contributed by atoms with Crippen LogP contribution in [0.5, 0.6) is 0 Å². The smallest absolute Gasteiger partial charge is 0.246 e. The van der Waals surface area contributed by atoms with Crippen molar-refractivity contribution in [1.82, 2.24) is 25.1 Å². The SMILES string of the molecule is CN(Cc1ccc(F)cc1)C(=O)Cn1nnc(-c2ccccc2Br)n1. The van der Waals surface area contributed by atoms with Gasteiger partial charge in [-0.05, 0) is 35.0 Å². The molecule has 2 aromatic carbocycles. The van der Waals surface area contributed by atoms with Gasteiger partial charge in [0.25, 0.3) is 0 Å². The van der Waals surface area contributed by atoms with Crippen LogP contribution in [0.15, 0.2) is 53.0 Å². The van der Waals surface area contributed by atoms with Gasteiger partial charge in [0.1, 0.15) is 12.4 Å². The topological polar surface area (TPSA) is 63.9 Å². The number of tetrazole rings is 1. The Labute approximate surface area is 152 Å². The Balaban J connectivity index is 1.65. The second kappa shape index (κ2) is 7.52. The van der Waals surface area contributed by atoms with Gasteiger partial charge in [-0.15, -0.1) is 10.2 Å². The molecule has 0 aliphatic rings. The maximum Gasteiger partial charge on any atom is 0.246 e. The predicted molar refractivity (Wildman–Crippen MR) is 93.8 cm³/mol. The molecular formula is C17H15BrFN5O. The molecule has 1 heterocycles. The molecular weight excluding hydrogens is 389 g/mol. The first-order valence-corrected chi connectivity index (χ1v) is 8.33. The highest BCUT2D eigenvalue weighted by Gasteiger charge is 2.14. The summed E-state index contributed by atoms with van der Waals surface area (Å²) >= 11 is 3.44. The van der Waals surface area contributed by atoms with E-state index in [9.17, 15) is 9.18 Å². The van der Waals surface area contributed by atoms with Crippen molar-refractivity contribution in [2.45, 2.75) is 13.1 Å². The van der Waals surface area contributed by atoms with E-state index in [2.05, 4.69) is 31.3 Å². The van der Waals surface area contributed by atoms with Gasteiger partial charge in [-0.1, -0.05) is 40.2 Å². The number of carbonyl (C=O) groups excluding carboxylic acids is 1. The Hall–Kier alpha value is -2.61. The Kier molecular flexibility index (Phi) is 5.18. The Morgan fingerprint density at radius 1 is 1.20 bits per heavy atom. The fourth-order valence-corrected chi connectivity index (χ4v) is 2.72. The molecule has 0 N–H and O–H groups in total. The highest BCUT2D eigenvalue weighted by Crippen LogP contribution is 2.24. The van der Waals surface area contributed by atoms with Crippen LogP contribution in [-0.4, -0.2) is 38.1 Å². The Bertz CT molecular complexity index is 881. The van der Waals surface area contributed by atoms with E-state index in [0.717, 1.165) is 15.6 Å². The van der Waals surface area contributed by atoms with Crippen LogP contribution in [-0.2, 0) is 17.9 Å². The van der Waals surface area contributed by atoms with Gasteiger partial charge in [-0.2, -0.15) is 4.80 Å². The summed E-state index contributed by atoms with van der Waals surface area (Å²) in [4.78, 5) is 15.1.